The van der Waals surface area contributed by atoms with Gasteiger partial charge in [0.15, 0.2) is 17.3 Å². The molecule has 2 amide bonds. The van der Waals surface area contributed by atoms with Crippen LogP contribution in [0.4, 0.5) is 24.5 Å². The molecule has 18 heteroatoms. The molecule has 1 aromatic carbocycles. The van der Waals surface area contributed by atoms with Crippen LogP contribution in [0.3, 0.4) is 0 Å². The van der Waals surface area contributed by atoms with Crippen molar-refractivity contribution in [1.82, 2.24) is 34.0 Å². The van der Waals surface area contributed by atoms with E-state index in [9.17, 15) is 32.7 Å². The molecular weight excluding hydrogens is 671 g/mol. The Morgan fingerprint density at radius 1 is 1.14 bits per heavy atom. The number of alkyl halides is 3. The van der Waals surface area contributed by atoms with E-state index in [1.54, 1.807) is 11.5 Å². The molecule has 0 aliphatic carbocycles. The number of piperazine rings is 1. The molecule has 5 heterocycles. The SMILES string of the molecule is CCc1c(N2CCN(C(=O)c3ncnc(C)c3O)CC2)c(=O)n2nc(C3=CCOCC3)nc2n1CC(=O)Nc1ccc(C(F)(F)F)cc1Cl. The number of nitrogens with one attached hydrogen (secondary N) is 1. The van der Waals surface area contributed by atoms with Gasteiger partial charge in [-0.25, -0.2) is 9.97 Å². The molecule has 0 bridgehead atoms. The molecule has 3 aromatic heterocycles. The highest BCUT2D eigenvalue weighted by molar-refractivity contribution is 6.33. The summed E-state index contributed by atoms with van der Waals surface area (Å²) in [6, 6.07) is 2.62. The van der Waals surface area contributed by atoms with Gasteiger partial charge in [-0.2, -0.15) is 22.7 Å². The number of nitrogens with zero attached hydrogens (tertiary/aromatic N) is 8. The number of aromatic hydroxyl groups is 1. The van der Waals surface area contributed by atoms with Crippen molar-refractivity contribution in [3.63, 3.8) is 0 Å². The van der Waals surface area contributed by atoms with Crippen molar-refractivity contribution in [3.05, 3.63) is 74.4 Å². The second-order valence-electron chi connectivity index (χ2n) is 11.4. The zero-order valence-corrected chi connectivity index (χ0v) is 27.2. The van der Waals surface area contributed by atoms with Gasteiger partial charge in [0, 0.05) is 26.2 Å². The standard InChI is InChI=1S/C31H31ClF3N9O5/c1-3-22-25(41-8-10-42(11-9-41)28(47)24-26(46)17(2)36-16-37-24)29(48)44-30(39-27(40-44)18-6-12-49-13-7-18)43(22)15-23(45)38-21-5-4-19(14-20(21)32)31(33,34)35/h4-6,14,16,46H,3,7-13,15H2,1-2H3,(H,38,45). The van der Waals surface area contributed by atoms with Crippen molar-refractivity contribution in [2.75, 3.05) is 49.6 Å². The number of rotatable bonds is 7. The van der Waals surface area contributed by atoms with Crippen molar-refractivity contribution in [1.29, 1.82) is 0 Å². The number of ether oxygens (including phenoxy) is 1. The molecule has 258 valence electrons. The highest BCUT2D eigenvalue weighted by Crippen LogP contribution is 2.34. The van der Waals surface area contributed by atoms with E-state index < -0.39 is 29.1 Å². The Labute approximate surface area is 281 Å². The zero-order chi connectivity index (χ0) is 35.0. The fraction of sp³-hybridized carbons (Fsp3) is 0.387. The Kier molecular flexibility index (Phi) is 9.30. The predicted molar refractivity (Wildman–Crippen MR) is 172 cm³/mol. The lowest BCUT2D eigenvalue weighted by Crippen LogP contribution is -2.51. The van der Waals surface area contributed by atoms with Crippen molar-refractivity contribution in [2.45, 2.75) is 39.4 Å². The van der Waals surface area contributed by atoms with E-state index in [2.05, 4.69) is 25.4 Å². The molecule has 4 aromatic rings. The highest BCUT2D eigenvalue weighted by atomic mass is 35.5. The molecule has 14 nitrogen and oxygen atoms in total. The molecule has 49 heavy (non-hydrogen) atoms. The maximum Gasteiger partial charge on any atom is 0.416 e. The Morgan fingerprint density at radius 3 is 2.55 bits per heavy atom. The lowest BCUT2D eigenvalue weighted by atomic mass is 10.1. The summed E-state index contributed by atoms with van der Waals surface area (Å²) in [4.78, 5) is 56.6. The average Bonchev–Trinajstić information content (AvgIpc) is 3.54. The van der Waals surface area contributed by atoms with Crippen LogP contribution in [0.5, 0.6) is 5.75 Å². The third-order valence-corrected chi connectivity index (χ3v) is 8.69. The summed E-state index contributed by atoms with van der Waals surface area (Å²) >= 11 is 6.10. The van der Waals surface area contributed by atoms with E-state index in [1.165, 1.54) is 11.2 Å². The Morgan fingerprint density at radius 2 is 1.90 bits per heavy atom. The van der Waals surface area contributed by atoms with Gasteiger partial charge >= 0.3 is 6.18 Å². The number of anilines is 2. The van der Waals surface area contributed by atoms with Crippen LogP contribution < -0.4 is 15.8 Å². The van der Waals surface area contributed by atoms with Gasteiger partial charge in [-0.1, -0.05) is 24.6 Å². The van der Waals surface area contributed by atoms with E-state index >= 15 is 0 Å². The smallest absolute Gasteiger partial charge is 0.416 e. The van der Waals surface area contributed by atoms with Crippen LogP contribution in [0.25, 0.3) is 11.4 Å². The van der Waals surface area contributed by atoms with Gasteiger partial charge in [0.1, 0.15) is 18.6 Å². The molecule has 0 radical (unpaired) electrons. The average molecular weight is 702 g/mol. The minimum absolute atomic E-state index is 0.0183. The molecule has 2 aliphatic rings. The monoisotopic (exact) mass is 701 g/mol. The Balaban J connectivity index is 1.35. The van der Waals surface area contributed by atoms with Crippen molar-refractivity contribution in [3.8, 4) is 5.75 Å². The number of aryl methyl sites for hydroxylation is 1. The maximum absolute atomic E-state index is 14.1. The third-order valence-electron chi connectivity index (χ3n) is 8.37. The minimum atomic E-state index is -4.61. The Bertz CT molecular complexity index is 2040. The molecule has 1 fully saturated rings. The number of hydrogen-bond acceptors (Lipinski definition) is 10. The first-order valence-electron chi connectivity index (χ1n) is 15.4. The van der Waals surface area contributed by atoms with Crippen molar-refractivity contribution >= 4 is 46.1 Å². The largest absolute Gasteiger partial charge is 0.504 e. The summed E-state index contributed by atoms with van der Waals surface area (Å²) in [6.45, 7) is 4.68. The summed E-state index contributed by atoms with van der Waals surface area (Å²) in [7, 11) is 0. The number of halogens is 4. The normalized spacial score (nSPS) is 15.4. The van der Waals surface area contributed by atoms with E-state index in [0.717, 1.165) is 28.3 Å². The second kappa shape index (κ2) is 13.5. The highest BCUT2D eigenvalue weighted by Gasteiger charge is 2.32. The van der Waals surface area contributed by atoms with Gasteiger partial charge in [0.2, 0.25) is 11.7 Å². The van der Waals surface area contributed by atoms with E-state index in [4.69, 9.17) is 16.3 Å². The van der Waals surface area contributed by atoms with E-state index in [1.807, 2.05) is 17.9 Å². The Hall–Kier alpha value is -5.03. The maximum atomic E-state index is 14.1. The van der Waals surface area contributed by atoms with Crippen LogP contribution >= 0.6 is 11.6 Å². The third kappa shape index (κ3) is 6.67. The topological polar surface area (TPSA) is 160 Å². The number of amides is 2. The number of carbonyl (C=O) groups is 2. The minimum Gasteiger partial charge on any atom is -0.504 e. The molecule has 0 spiro atoms. The second-order valence-corrected chi connectivity index (χ2v) is 11.8. The summed E-state index contributed by atoms with van der Waals surface area (Å²) < 4.78 is 47.6. The first-order valence-corrected chi connectivity index (χ1v) is 15.8. The zero-order valence-electron chi connectivity index (χ0n) is 26.4. The first-order chi connectivity index (χ1) is 23.4. The molecule has 0 saturated carbocycles. The molecule has 2 N–H and O–H groups in total. The molecule has 1 saturated heterocycles. The number of aromatic nitrogens is 6. The van der Waals surface area contributed by atoms with Gasteiger partial charge in [-0.15, -0.1) is 5.10 Å². The van der Waals surface area contributed by atoms with Crippen molar-refractivity contribution in [2.24, 2.45) is 0 Å². The predicted octanol–water partition coefficient (Wildman–Crippen LogP) is 3.33. The number of fused-ring (bicyclic) bond motifs is 1. The van der Waals surface area contributed by atoms with Gasteiger partial charge < -0.3 is 29.5 Å². The fourth-order valence-corrected chi connectivity index (χ4v) is 6.06. The molecule has 0 atom stereocenters. The van der Waals surface area contributed by atoms with Crippen LogP contribution in [0.1, 0.15) is 46.6 Å². The lowest BCUT2D eigenvalue weighted by Gasteiger charge is -2.36. The van der Waals surface area contributed by atoms with Crippen LogP contribution in [0.2, 0.25) is 5.02 Å². The number of hydrogen-bond donors (Lipinski definition) is 2. The van der Waals surface area contributed by atoms with Gasteiger partial charge in [-0.3, -0.25) is 14.4 Å². The number of benzene rings is 1. The summed E-state index contributed by atoms with van der Waals surface area (Å²) in [5, 5.41) is 17.1. The first kappa shape index (κ1) is 33.9. The van der Waals surface area contributed by atoms with Crippen LogP contribution in [0.15, 0.2) is 35.4 Å². The van der Waals surface area contributed by atoms with Gasteiger partial charge in [-0.05, 0) is 43.5 Å². The molecule has 0 unspecified atom stereocenters. The summed E-state index contributed by atoms with van der Waals surface area (Å²) in [6.07, 6.45) is -0.777. The van der Waals surface area contributed by atoms with Crippen LogP contribution in [-0.2, 0) is 28.7 Å². The summed E-state index contributed by atoms with van der Waals surface area (Å²) in [5.41, 5.74) is 0.217. The van der Waals surface area contributed by atoms with E-state index in [0.29, 0.717) is 37.6 Å². The van der Waals surface area contributed by atoms with Crippen molar-refractivity contribution < 1.29 is 32.6 Å². The quantitative estimate of drug-likeness (QED) is 0.293. The molecule has 2 aliphatic heterocycles. The van der Waals surface area contributed by atoms with Gasteiger partial charge in [0.25, 0.3) is 11.5 Å². The molecule has 6 rings (SSSR count). The van der Waals surface area contributed by atoms with E-state index in [-0.39, 0.29) is 72.0 Å². The van der Waals surface area contributed by atoms with Crippen LogP contribution in [-0.4, -0.2) is 90.3 Å². The fourth-order valence-electron chi connectivity index (χ4n) is 5.83. The lowest BCUT2D eigenvalue weighted by molar-refractivity contribution is -0.137. The van der Waals surface area contributed by atoms with Crippen LogP contribution in [0, 0.1) is 6.92 Å². The summed E-state index contributed by atoms with van der Waals surface area (Å²) in [5.74, 6) is -0.998. The molecular formula is C31H31ClF3N9O5. The van der Waals surface area contributed by atoms with Gasteiger partial charge in [0.05, 0.1) is 40.9 Å². The number of carbonyl (C=O) groups excluding carboxylic acids is 2.